The van der Waals surface area contributed by atoms with E-state index in [0.717, 1.165) is 17.8 Å². The predicted molar refractivity (Wildman–Crippen MR) is 97.5 cm³/mol. The summed E-state index contributed by atoms with van der Waals surface area (Å²) >= 11 is 0. The Bertz CT molecular complexity index is 758. The molecule has 1 spiro atoms. The molecule has 0 bridgehead atoms. The molecule has 1 aliphatic carbocycles. The van der Waals surface area contributed by atoms with E-state index < -0.39 is 0 Å². The Morgan fingerprint density at radius 2 is 1.79 bits per heavy atom. The fraction of sp³-hybridized carbons (Fsp3) is 0.350. The lowest BCUT2D eigenvalue weighted by Gasteiger charge is -2.38. The number of rotatable bonds is 2. The standard InChI is InChI=1S/C20H22N4/c1-4-10-20(11-5-1)14-17-6-2-3-7-18(17)19(23-20)24-22-15-16-8-12-21-13-9-16/h2-3,6-9,12-13,15H,1,4-5,10-11,14H2,(H,23,24). The maximum atomic E-state index is 5.12. The molecule has 2 heterocycles. The average Bonchev–Trinajstić information content (AvgIpc) is 2.63. The Labute approximate surface area is 142 Å². The number of nitrogens with one attached hydrogen (secondary N) is 1. The van der Waals surface area contributed by atoms with Crippen LogP contribution in [0.4, 0.5) is 0 Å². The molecule has 0 unspecified atom stereocenters. The summed E-state index contributed by atoms with van der Waals surface area (Å²) in [5, 5.41) is 4.41. The number of amidine groups is 1. The van der Waals surface area contributed by atoms with Gasteiger partial charge in [0.1, 0.15) is 5.84 Å². The molecular weight excluding hydrogens is 296 g/mol. The minimum atomic E-state index is 0.0706. The quantitative estimate of drug-likeness (QED) is 0.678. The Kier molecular flexibility index (Phi) is 4.11. The van der Waals surface area contributed by atoms with Gasteiger partial charge in [0, 0.05) is 18.0 Å². The van der Waals surface area contributed by atoms with Gasteiger partial charge in [-0.25, -0.2) is 0 Å². The molecule has 4 nitrogen and oxygen atoms in total. The van der Waals surface area contributed by atoms with Gasteiger partial charge in [-0.3, -0.25) is 15.4 Å². The molecule has 1 N–H and O–H groups in total. The molecule has 1 fully saturated rings. The second-order valence-electron chi connectivity index (χ2n) is 6.73. The highest BCUT2D eigenvalue weighted by atomic mass is 15.3. The molecule has 24 heavy (non-hydrogen) atoms. The number of nitrogens with zero attached hydrogens (tertiary/aromatic N) is 3. The first-order chi connectivity index (χ1) is 11.8. The fourth-order valence-electron chi connectivity index (χ4n) is 3.80. The van der Waals surface area contributed by atoms with Gasteiger partial charge in [0.25, 0.3) is 0 Å². The van der Waals surface area contributed by atoms with Gasteiger partial charge >= 0.3 is 0 Å². The molecule has 2 aliphatic rings. The van der Waals surface area contributed by atoms with Crippen LogP contribution in [0, 0.1) is 0 Å². The molecular formula is C20H22N4. The van der Waals surface area contributed by atoms with Crippen molar-refractivity contribution in [3.8, 4) is 0 Å². The molecule has 0 saturated heterocycles. The number of fused-ring (bicyclic) bond motifs is 1. The number of hydrazone groups is 1. The van der Waals surface area contributed by atoms with Crippen LogP contribution in [0.1, 0.15) is 48.8 Å². The summed E-state index contributed by atoms with van der Waals surface area (Å²) in [6, 6.07) is 12.4. The average molecular weight is 318 g/mol. The van der Waals surface area contributed by atoms with Gasteiger partial charge in [0.05, 0.1) is 11.8 Å². The molecule has 2 aromatic rings. The minimum Gasteiger partial charge on any atom is -0.265 e. The molecule has 1 saturated carbocycles. The molecule has 122 valence electrons. The van der Waals surface area contributed by atoms with Crippen LogP contribution in [0.25, 0.3) is 0 Å². The summed E-state index contributed by atoms with van der Waals surface area (Å²) < 4.78 is 0. The van der Waals surface area contributed by atoms with Gasteiger partial charge in [0.15, 0.2) is 0 Å². The highest BCUT2D eigenvalue weighted by Gasteiger charge is 2.36. The largest absolute Gasteiger partial charge is 0.265 e. The lowest BCUT2D eigenvalue weighted by molar-refractivity contribution is 0.293. The van der Waals surface area contributed by atoms with Crippen LogP contribution < -0.4 is 5.43 Å². The molecule has 1 aromatic heterocycles. The first-order valence-corrected chi connectivity index (χ1v) is 8.72. The van der Waals surface area contributed by atoms with Crippen LogP contribution in [0.15, 0.2) is 58.9 Å². The zero-order chi connectivity index (χ0) is 16.2. The lowest BCUT2D eigenvalue weighted by Crippen LogP contribution is -2.40. The Morgan fingerprint density at radius 3 is 2.62 bits per heavy atom. The van der Waals surface area contributed by atoms with E-state index in [9.17, 15) is 0 Å². The van der Waals surface area contributed by atoms with E-state index in [1.54, 1.807) is 12.4 Å². The molecule has 4 rings (SSSR count). The fourth-order valence-corrected chi connectivity index (χ4v) is 3.80. The Morgan fingerprint density at radius 1 is 1.00 bits per heavy atom. The number of pyridine rings is 1. The first-order valence-electron chi connectivity index (χ1n) is 8.72. The van der Waals surface area contributed by atoms with Crippen LogP contribution in [0.3, 0.4) is 0 Å². The van der Waals surface area contributed by atoms with Crippen LogP contribution in [0.5, 0.6) is 0 Å². The summed E-state index contributed by atoms with van der Waals surface area (Å²) in [5.41, 5.74) is 6.86. The number of aliphatic imine (C=N–C) groups is 1. The number of hydrogen-bond acceptors (Lipinski definition) is 4. The minimum absolute atomic E-state index is 0.0706. The van der Waals surface area contributed by atoms with E-state index in [1.165, 1.54) is 43.2 Å². The molecule has 1 aromatic carbocycles. The van der Waals surface area contributed by atoms with Gasteiger partial charge in [0.2, 0.25) is 0 Å². The van der Waals surface area contributed by atoms with Gasteiger partial charge < -0.3 is 0 Å². The van der Waals surface area contributed by atoms with Crippen LogP contribution in [-0.4, -0.2) is 22.6 Å². The summed E-state index contributed by atoms with van der Waals surface area (Å²) in [6.07, 6.45) is 12.7. The van der Waals surface area contributed by atoms with Crippen molar-refractivity contribution in [2.75, 3.05) is 0 Å². The molecule has 0 radical (unpaired) electrons. The van der Waals surface area contributed by atoms with Gasteiger partial charge in [-0.1, -0.05) is 43.5 Å². The zero-order valence-corrected chi connectivity index (χ0v) is 13.8. The van der Waals surface area contributed by atoms with Crippen molar-refractivity contribution in [3.05, 3.63) is 65.5 Å². The summed E-state index contributed by atoms with van der Waals surface area (Å²) in [5.74, 6) is 0.907. The van der Waals surface area contributed by atoms with Crippen molar-refractivity contribution >= 4 is 12.1 Å². The van der Waals surface area contributed by atoms with E-state index in [1.807, 2.05) is 18.3 Å². The zero-order valence-electron chi connectivity index (χ0n) is 13.8. The number of hydrogen-bond donors (Lipinski definition) is 1. The lowest BCUT2D eigenvalue weighted by atomic mass is 9.75. The van der Waals surface area contributed by atoms with Crippen molar-refractivity contribution in [1.82, 2.24) is 10.4 Å². The second kappa shape index (κ2) is 6.56. The van der Waals surface area contributed by atoms with Crippen molar-refractivity contribution < 1.29 is 0 Å². The first kappa shape index (κ1) is 15.1. The summed E-state index contributed by atoms with van der Waals surface area (Å²) in [6.45, 7) is 0. The second-order valence-corrected chi connectivity index (χ2v) is 6.73. The maximum Gasteiger partial charge on any atom is 0.149 e. The predicted octanol–water partition coefficient (Wildman–Crippen LogP) is 3.71. The van der Waals surface area contributed by atoms with Crippen molar-refractivity contribution in [2.45, 2.75) is 44.1 Å². The molecule has 4 heteroatoms. The van der Waals surface area contributed by atoms with Gasteiger partial charge in [-0.05, 0) is 42.5 Å². The van der Waals surface area contributed by atoms with E-state index in [4.69, 9.17) is 4.99 Å². The van der Waals surface area contributed by atoms with Gasteiger partial charge in [-0.15, -0.1) is 0 Å². The van der Waals surface area contributed by atoms with Crippen molar-refractivity contribution in [1.29, 1.82) is 0 Å². The van der Waals surface area contributed by atoms with E-state index in [0.29, 0.717) is 0 Å². The molecule has 1 aliphatic heterocycles. The molecule has 0 atom stereocenters. The summed E-state index contributed by atoms with van der Waals surface area (Å²) in [7, 11) is 0. The molecule has 0 amide bonds. The summed E-state index contributed by atoms with van der Waals surface area (Å²) in [4.78, 5) is 9.15. The van der Waals surface area contributed by atoms with Crippen molar-refractivity contribution in [2.24, 2.45) is 10.1 Å². The third kappa shape index (κ3) is 3.09. The van der Waals surface area contributed by atoms with Gasteiger partial charge in [-0.2, -0.15) is 5.10 Å². The number of aromatic nitrogens is 1. The SMILES string of the molecule is C(=NNC1=NC2(CCCCC2)Cc2ccccc21)c1ccncc1. The maximum absolute atomic E-state index is 5.12. The number of benzene rings is 1. The smallest absolute Gasteiger partial charge is 0.149 e. The van der Waals surface area contributed by atoms with Crippen LogP contribution in [0.2, 0.25) is 0 Å². The third-order valence-corrected chi connectivity index (χ3v) is 5.02. The van der Waals surface area contributed by atoms with Crippen LogP contribution >= 0.6 is 0 Å². The topological polar surface area (TPSA) is 49.6 Å². The van der Waals surface area contributed by atoms with Crippen LogP contribution in [-0.2, 0) is 6.42 Å². The van der Waals surface area contributed by atoms with E-state index in [-0.39, 0.29) is 5.54 Å². The highest BCUT2D eigenvalue weighted by molar-refractivity contribution is 6.01. The Balaban J connectivity index is 1.61. The highest BCUT2D eigenvalue weighted by Crippen LogP contribution is 2.38. The third-order valence-electron chi connectivity index (χ3n) is 5.02. The van der Waals surface area contributed by atoms with E-state index in [2.05, 4.69) is 39.8 Å². The Hall–Kier alpha value is -2.49. The van der Waals surface area contributed by atoms with E-state index >= 15 is 0 Å². The van der Waals surface area contributed by atoms with Crippen molar-refractivity contribution in [3.63, 3.8) is 0 Å². The monoisotopic (exact) mass is 318 g/mol. The normalized spacial score (nSPS) is 19.1.